The minimum Gasteiger partial charge on any atom is -0.404 e. The third-order valence-electron chi connectivity index (χ3n) is 4.14. The smallest absolute Gasteiger partial charge is 0.404 e. The molecular weight excluding hydrogens is 258 g/mol. The normalized spacial score (nSPS) is 23.1. The van der Waals surface area contributed by atoms with Crippen LogP contribution in [0.4, 0.5) is 5.88 Å². The molecule has 0 bridgehead atoms. The molecule has 1 aliphatic carbocycles. The van der Waals surface area contributed by atoms with E-state index in [1.165, 1.54) is 31.7 Å². The highest BCUT2D eigenvalue weighted by Gasteiger charge is 2.31. The van der Waals surface area contributed by atoms with Gasteiger partial charge in [-0.1, -0.05) is 0 Å². The van der Waals surface area contributed by atoms with Gasteiger partial charge in [-0.05, 0) is 50.8 Å². The van der Waals surface area contributed by atoms with E-state index < -0.39 is 4.92 Å². The molecule has 6 nitrogen and oxygen atoms in total. The molecule has 20 heavy (non-hydrogen) atoms. The molecule has 3 rings (SSSR count). The molecule has 0 amide bonds. The number of rotatable bonds is 6. The Bertz CT molecular complexity index is 464. The lowest BCUT2D eigenvalue weighted by molar-refractivity contribution is -0.402. The van der Waals surface area contributed by atoms with Crippen LogP contribution in [0.5, 0.6) is 0 Å². The van der Waals surface area contributed by atoms with Gasteiger partial charge in [0.2, 0.25) is 0 Å². The molecule has 1 unspecified atom stereocenters. The van der Waals surface area contributed by atoms with Gasteiger partial charge in [-0.25, -0.2) is 0 Å². The van der Waals surface area contributed by atoms with Gasteiger partial charge in [-0.15, -0.1) is 0 Å². The monoisotopic (exact) mass is 279 g/mol. The summed E-state index contributed by atoms with van der Waals surface area (Å²) in [4.78, 5) is 12.6. The van der Waals surface area contributed by atoms with Crippen LogP contribution in [0.15, 0.2) is 16.5 Å². The molecule has 1 atom stereocenters. The largest absolute Gasteiger partial charge is 0.433 e. The Labute approximate surface area is 118 Å². The van der Waals surface area contributed by atoms with Crippen LogP contribution in [-0.4, -0.2) is 35.5 Å². The van der Waals surface area contributed by atoms with Gasteiger partial charge in [0.1, 0.15) is 10.7 Å². The average molecular weight is 279 g/mol. The molecule has 1 saturated carbocycles. The summed E-state index contributed by atoms with van der Waals surface area (Å²) in [7, 11) is 0. The molecule has 1 aliphatic heterocycles. The van der Waals surface area contributed by atoms with E-state index in [0.29, 0.717) is 24.3 Å². The molecule has 1 aromatic heterocycles. The summed E-state index contributed by atoms with van der Waals surface area (Å²) in [5, 5.41) is 14.1. The number of nitrogens with one attached hydrogen (secondary N) is 1. The highest BCUT2D eigenvalue weighted by Crippen LogP contribution is 2.30. The van der Waals surface area contributed by atoms with E-state index in [9.17, 15) is 10.1 Å². The quantitative estimate of drug-likeness (QED) is 0.638. The SMILES string of the molecule is O=[N+]([O-])c1ccc(CN(CC2CCCNC2)C2CC2)o1. The molecule has 1 saturated heterocycles. The van der Waals surface area contributed by atoms with Crippen molar-refractivity contribution in [1.29, 1.82) is 0 Å². The van der Waals surface area contributed by atoms with Gasteiger partial charge in [0.05, 0.1) is 12.6 Å². The third-order valence-corrected chi connectivity index (χ3v) is 4.14. The van der Waals surface area contributed by atoms with Crippen molar-refractivity contribution in [3.63, 3.8) is 0 Å². The number of nitrogens with zero attached hydrogens (tertiary/aromatic N) is 2. The second-order valence-electron chi connectivity index (χ2n) is 5.87. The lowest BCUT2D eigenvalue weighted by Gasteiger charge is -2.29. The van der Waals surface area contributed by atoms with Gasteiger partial charge < -0.3 is 9.73 Å². The maximum absolute atomic E-state index is 10.7. The van der Waals surface area contributed by atoms with Crippen molar-refractivity contribution < 1.29 is 9.34 Å². The van der Waals surface area contributed by atoms with Gasteiger partial charge in [0.25, 0.3) is 0 Å². The summed E-state index contributed by atoms with van der Waals surface area (Å²) in [5.41, 5.74) is 0. The summed E-state index contributed by atoms with van der Waals surface area (Å²) in [5.74, 6) is 1.23. The fourth-order valence-electron chi connectivity index (χ4n) is 2.94. The Kier molecular flexibility index (Phi) is 4.03. The number of furan rings is 1. The van der Waals surface area contributed by atoms with Gasteiger partial charge in [-0.2, -0.15) is 0 Å². The number of nitro groups is 1. The van der Waals surface area contributed by atoms with Crippen molar-refractivity contribution in [2.24, 2.45) is 5.92 Å². The molecular formula is C14H21N3O3. The summed E-state index contributed by atoms with van der Waals surface area (Å²) in [6, 6.07) is 3.82. The van der Waals surface area contributed by atoms with Gasteiger partial charge in [0.15, 0.2) is 0 Å². The highest BCUT2D eigenvalue weighted by molar-refractivity contribution is 5.17. The van der Waals surface area contributed by atoms with Crippen LogP contribution in [0.3, 0.4) is 0 Å². The Hall–Kier alpha value is -1.40. The molecule has 1 aromatic rings. The van der Waals surface area contributed by atoms with Gasteiger partial charge >= 0.3 is 5.88 Å². The van der Waals surface area contributed by atoms with E-state index in [4.69, 9.17) is 4.42 Å². The topological polar surface area (TPSA) is 71.6 Å². The van der Waals surface area contributed by atoms with Crippen molar-refractivity contribution in [3.05, 3.63) is 28.0 Å². The average Bonchev–Trinajstić information content (AvgIpc) is 3.19. The lowest BCUT2D eigenvalue weighted by Crippen LogP contribution is -2.38. The molecule has 2 aliphatic rings. The Morgan fingerprint density at radius 3 is 2.85 bits per heavy atom. The first kappa shape index (κ1) is 13.6. The van der Waals surface area contributed by atoms with E-state index in [1.807, 2.05) is 0 Å². The highest BCUT2D eigenvalue weighted by atomic mass is 16.6. The predicted molar refractivity (Wildman–Crippen MR) is 74.4 cm³/mol. The van der Waals surface area contributed by atoms with Crippen LogP contribution >= 0.6 is 0 Å². The second-order valence-corrected chi connectivity index (χ2v) is 5.87. The van der Waals surface area contributed by atoms with Crippen LogP contribution in [0, 0.1) is 16.0 Å². The predicted octanol–water partition coefficient (Wildman–Crippen LogP) is 2.15. The molecule has 0 radical (unpaired) electrons. The summed E-state index contributed by atoms with van der Waals surface area (Å²) in [6.45, 7) is 3.97. The van der Waals surface area contributed by atoms with Crippen molar-refractivity contribution in [2.75, 3.05) is 19.6 Å². The standard InChI is InChI=1S/C14H21N3O3/c18-17(19)14-6-5-13(20-14)10-16(12-3-4-12)9-11-2-1-7-15-8-11/h5-6,11-12,15H,1-4,7-10H2. The number of hydrogen-bond acceptors (Lipinski definition) is 5. The molecule has 0 aromatic carbocycles. The first-order valence-corrected chi connectivity index (χ1v) is 7.40. The lowest BCUT2D eigenvalue weighted by atomic mass is 9.99. The van der Waals surface area contributed by atoms with E-state index in [-0.39, 0.29) is 5.88 Å². The molecule has 0 spiro atoms. The Balaban J connectivity index is 1.59. The zero-order valence-corrected chi connectivity index (χ0v) is 11.6. The Morgan fingerprint density at radius 1 is 1.40 bits per heavy atom. The molecule has 2 fully saturated rings. The van der Waals surface area contributed by atoms with E-state index >= 15 is 0 Å². The Morgan fingerprint density at radius 2 is 2.25 bits per heavy atom. The first-order valence-electron chi connectivity index (χ1n) is 7.40. The van der Waals surface area contributed by atoms with Crippen LogP contribution in [0.25, 0.3) is 0 Å². The van der Waals surface area contributed by atoms with Gasteiger partial charge in [0, 0.05) is 12.6 Å². The maximum Gasteiger partial charge on any atom is 0.433 e. The fourth-order valence-corrected chi connectivity index (χ4v) is 2.94. The van der Waals surface area contributed by atoms with Gasteiger partial charge in [-0.3, -0.25) is 15.0 Å². The summed E-state index contributed by atoms with van der Waals surface area (Å²) in [6.07, 6.45) is 5.00. The van der Waals surface area contributed by atoms with E-state index in [2.05, 4.69) is 10.2 Å². The molecule has 1 N–H and O–H groups in total. The van der Waals surface area contributed by atoms with E-state index in [1.54, 1.807) is 6.07 Å². The minimum absolute atomic E-state index is 0.157. The zero-order chi connectivity index (χ0) is 13.9. The molecule has 6 heteroatoms. The van der Waals surface area contributed by atoms with Crippen LogP contribution in [-0.2, 0) is 6.54 Å². The van der Waals surface area contributed by atoms with E-state index in [0.717, 1.165) is 19.6 Å². The van der Waals surface area contributed by atoms with Crippen molar-refractivity contribution in [2.45, 2.75) is 38.3 Å². The zero-order valence-electron chi connectivity index (χ0n) is 11.6. The summed E-state index contributed by atoms with van der Waals surface area (Å²) < 4.78 is 5.29. The van der Waals surface area contributed by atoms with Crippen LogP contribution < -0.4 is 5.32 Å². The summed E-state index contributed by atoms with van der Waals surface area (Å²) >= 11 is 0. The first-order chi connectivity index (χ1) is 9.72. The second kappa shape index (κ2) is 5.93. The number of hydrogen-bond donors (Lipinski definition) is 1. The number of piperidine rings is 1. The van der Waals surface area contributed by atoms with Crippen molar-refractivity contribution in [1.82, 2.24) is 10.2 Å². The third kappa shape index (κ3) is 3.37. The van der Waals surface area contributed by atoms with Crippen molar-refractivity contribution >= 4 is 5.88 Å². The van der Waals surface area contributed by atoms with Crippen LogP contribution in [0.1, 0.15) is 31.4 Å². The molecule has 110 valence electrons. The molecule has 2 heterocycles. The fraction of sp³-hybridized carbons (Fsp3) is 0.714. The minimum atomic E-state index is -0.476. The van der Waals surface area contributed by atoms with Crippen LogP contribution in [0.2, 0.25) is 0 Å². The van der Waals surface area contributed by atoms with Crippen molar-refractivity contribution in [3.8, 4) is 0 Å². The maximum atomic E-state index is 10.7.